The van der Waals surface area contributed by atoms with Crippen molar-refractivity contribution in [3.05, 3.63) is 29.6 Å². The van der Waals surface area contributed by atoms with Gasteiger partial charge in [-0.15, -0.1) is 11.3 Å². The van der Waals surface area contributed by atoms with Crippen LogP contribution in [0.2, 0.25) is 0 Å². The Labute approximate surface area is 116 Å². The molecule has 0 bridgehead atoms. The number of carbonyl (C=O) groups is 1. The molecule has 0 fully saturated rings. The highest BCUT2D eigenvalue weighted by Crippen LogP contribution is 2.24. The molecular weight excluding hydrogens is 258 g/mol. The van der Waals surface area contributed by atoms with Crippen molar-refractivity contribution in [1.82, 2.24) is 4.98 Å². The van der Waals surface area contributed by atoms with E-state index in [1.807, 2.05) is 29.6 Å². The van der Waals surface area contributed by atoms with Crippen molar-refractivity contribution in [1.29, 1.82) is 0 Å². The van der Waals surface area contributed by atoms with Gasteiger partial charge >= 0.3 is 0 Å². The topological polar surface area (TPSA) is 68.0 Å². The minimum Gasteiger partial charge on any atom is -0.375 e. The quantitative estimate of drug-likeness (QED) is 0.877. The highest BCUT2D eigenvalue weighted by Gasteiger charge is 2.04. The van der Waals surface area contributed by atoms with Gasteiger partial charge in [0.2, 0.25) is 5.91 Å². The number of carbonyl (C=O) groups excluding carboxylic acids is 1. The van der Waals surface area contributed by atoms with E-state index >= 15 is 0 Å². The fraction of sp³-hybridized carbons (Fsp3) is 0.286. The first-order valence-corrected chi connectivity index (χ1v) is 7.18. The molecule has 1 aromatic heterocycles. The van der Waals surface area contributed by atoms with Gasteiger partial charge in [0.15, 0.2) is 5.13 Å². The number of hydrogen-bond donors (Lipinski definition) is 2. The smallest absolute Gasteiger partial charge is 0.224 e. The number of nitrogens with one attached hydrogen (secondary N) is 1. The summed E-state index contributed by atoms with van der Waals surface area (Å²) < 4.78 is 0. The maximum atomic E-state index is 11.6. The SMILES string of the molecule is CCCCC(=O)Nc1ccc(-c2csc(N)n2)cc1. The molecule has 0 aliphatic carbocycles. The van der Waals surface area contributed by atoms with Gasteiger partial charge in [-0.25, -0.2) is 4.98 Å². The Bertz CT molecular complexity index is 548. The van der Waals surface area contributed by atoms with E-state index in [-0.39, 0.29) is 5.91 Å². The number of nitrogens with zero attached hydrogens (tertiary/aromatic N) is 1. The molecule has 0 atom stereocenters. The maximum Gasteiger partial charge on any atom is 0.224 e. The van der Waals surface area contributed by atoms with Crippen molar-refractivity contribution in [2.75, 3.05) is 11.1 Å². The summed E-state index contributed by atoms with van der Waals surface area (Å²) in [6.07, 6.45) is 2.51. The zero-order valence-corrected chi connectivity index (χ0v) is 11.7. The van der Waals surface area contributed by atoms with Crippen LogP contribution < -0.4 is 11.1 Å². The minimum absolute atomic E-state index is 0.0625. The second-order valence-electron chi connectivity index (χ2n) is 4.30. The summed E-state index contributed by atoms with van der Waals surface area (Å²) in [5.74, 6) is 0.0625. The van der Waals surface area contributed by atoms with Crippen LogP contribution in [-0.2, 0) is 4.79 Å². The first kappa shape index (κ1) is 13.5. The predicted molar refractivity (Wildman–Crippen MR) is 80.1 cm³/mol. The molecule has 5 heteroatoms. The molecule has 4 nitrogen and oxygen atoms in total. The molecule has 0 saturated carbocycles. The van der Waals surface area contributed by atoms with Crippen molar-refractivity contribution in [2.24, 2.45) is 0 Å². The Morgan fingerprint density at radius 1 is 1.37 bits per heavy atom. The van der Waals surface area contributed by atoms with Gasteiger partial charge in [0.25, 0.3) is 0 Å². The van der Waals surface area contributed by atoms with Gasteiger partial charge in [-0.05, 0) is 18.6 Å². The third kappa shape index (κ3) is 3.79. The summed E-state index contributed by atoms with van der Waals surface area (Å²) in [5, 5.41) is 5.36. The molecule has 2 aromatic rings. The lowest BCUT2D eigenvalue weighted by Crippen LogP contribution is -2.10. The average molecular weight is 275 g/mol. The molecular formula is C14H17N3OS. The summed E-state index contributed by atoms with van der Waals surface area (Å²) in [4.78, 5) is 15.8. The van der Waals surface area contributed by atoms with Crippen molar-refractivity contribution in [2.45, 2.75) is 26.2 Å². The predicted octanol–water partition coefficient (Wildman–Crippen LogP) is 3.52. The number of unbranched alkanes of at least 4 members (excludes halogenated alkanes) is 1. The number of nitrogen functional groups attached to an aromatic ring is 1. The fourth-order valence-electron chi connectivity index (χ4n) is 1.71. The highest BCUT2D eigenvalue weighted by molar-refractivity contribution is 7.13. The van der Waals surface area contributed by atoms with E-state index in [1.54, 1.807) is 0 Å². The highest BCUT2D eigenvalue weighted by atomic mass is 32.1. The van der Waals surface area contributed by atoms with Gasteiger partial charge in [-0.3, -0.25) is 4.79 Å². The summed E-state index contributed by atoms with van der Waals surface area (Å²) in [6, 6.07) is 7.64. The van der Waals surface area contributed by atoms with E-state index in [9.17, 15) is 4.79 Å². The number of anilines is 2. The molecule has 2 rings (SSSR count). The molecule has 1 aromatic carbocycles. The standard InChI is InChI=1S/C14H17N3OS/c1-2-3-4-13(18)16-11-7-5-10(6-8-11)12-9-19-14(15)17-12/h5-9H,2-4H2,1H3,(H2,15,17)(H,16,18). The molecule has 1 heterocycles. The van der Waals surface area contributed by atoms with Crippen molar-refractivity contribution < 1.29 is 4.79 Å². The van der Waals surface area contributed by atoms with Crippen LogP contribution in [0, 0.1) is 0 Å². The van der Waals surface area contributed by atoms with Crippen LogP contribution in [0.1, 0.15) is 26.2 Å². The Morgan fingerprint density at radius 2 is 2.11 bits per heavy atom. The Balaban J connectivity index is 2.00. The second kappa shape index (κ2) is 6.33. The van der Waals surface area contributed by atoms with Gasteiger partial charge in [0.05, 0.1) is 5.69 Å². The first-order chi connectivity index (χ1) is 9.19. The van der Waals surface area contributed by atoms with Crippen LogP contribution >= 0.6 is 11.3 Å². The van der Waals surface area contributed by atoms with Crippen LogP contribution in [0.3, 0.4) is 0 Å². The first-order valence-electron chi connectivity index (χ1n) is 6.30. The van der Waals surface area contributed by atoms with Gasteiger partial charge in [0.1, 0.15) is 0 Å². The van der Waals surface area contributed by atoms with Crippen LogP contribution in [0.15, 0.2) is 29.6 Å². The summed E-state index contributed by atoms with van der Waals surface area (Å²) in [6.45, 7) is 2.07. The largest absolute Gasteiger partial charge is 0.375 e. The molecule has 0 spiro atoms. The lowest BCUT2D eigenvalue weighted by Gasteiger charge is -2.05. The van der Waals surface area contributed by atoms with Crippen LogP contribution in [0.5, 0.6) is 0 Å². The molecule has 100 valence electrons. The third-order valence-electron chi connectivity index (χ3n) is 2.74. The monoisotopic (exact) mass is 275 g/mol. The van der Waals surface area contributed by atoms with Crippen LogP contribution in [0.25, 0.3) is 11.3 Å². The molecule has 0 aliphatic heterocycles. The van der Waals surface area contributed by atoms with E-state index in [4.69, 9.17) is 5.73 Å². The van der Waals surface area contributed by atoms with Gasteiger partial charge < -0.3 is 11.1 Å². The third-order valence-corrected chi connectivity index (χ3v) is 3.42. The molecule has 0 saturated heterocycles. The molecule has 0 aliphatic rings. The Kier molecular flexibility index (Phi) is 4.52. The lowest BCUT2D eigenvalue weighted by atomic mass is 10.1. The van der Waals surface area contributed by atoms with Crippen LogP contribution in [-0.4, -0.2) is 10.9 Å². The molecule has 0 radical (unpaired) electrons. The zero-order valence-electron chi connectivity index (χ0n) is 10.8. The number of amides is 1. The van der Waals surface area contributed by atoms with E-state index in [1.165, 1.54) is 11.3 Å². The number of nitrogens with two attached hydrogens (primary N) is 1. The number of rotatable bonds is 5. The number of benzene rings is 1. The number of aromatic nitrogens is 1. The lowest BCUT2D eigenvalue weighted by molar-refractivity contribution is -0.116. The molecule has 3 N–H and O–H groups in total. The van der Waals surface area contributed by atoms with Gasteiger partial charge in [-0.2, -0.15) is 0 Å². The maximum absolute atomic E-state index is 11.6. The molecule has 1 amide bonds. The van der Waals surface area contributed by atoms with Crippen LogP contribution in [0.4, 0.5) is 10.8 Å². The fourth-order valence-corrected chi connectivity index (χ4v) is 2.28. The summed E-state index contributed by atoms with van der Waals surface area (Å²) in [5.41, 5.74) is 8.29. The molecule has 0 unspecified atom stereocenters. The minimum atomic E-state index is 0.0625. The summed E-state index contributed by atoms with van der Waals surface area (Å²) >= 11 is 1.42. The average Bonchev–Trinajstić information content (AvgIpc) is 2.84. The summed E-state index contributed by atoms with van der Waals surface area (Å²) in [7, 11) is 0. The number of hydrogen-bond acceptors (Lipinski definition) is 4. The Morgan fingerprint density at radius 3 is 2.68 bits per heavy atom. The van der Waals surface area contributed by atoms with Crippen molar-refractivity contribution >= 4 is 28.1 Å². The zero-order chi connectivity index (χ0) is 13.7. The Hall–Kier alpha value is -1.88. The molecule has 19 heavy (non-hydrogen) atoms. The number of thiazole rings is 1. The van der Waals surface area contributed by atoms with E-state index in [0.717, 1.165) is 29.8 Å². The van der Waals surface area contributed by atoms with Gasteiger partial charge in [0, 0.05) is 23.1 Å². The van der Waals surface area contributed by atoms with E-state index in [0.29, 0.717) is 11.6 Å². The van der Waals surface area contributed by atoms with E-state index < -0.39 is 0 Å². The van der Waals surface area contributed by atoms with E-state index in [2.05, 4.69) is 17.2 Å². The normalized spacial score (nSPS) is 10.4. The van der Waals surface area contributed by atoms with Gasteiger partial charge in [-0.1, -0.05) is 25.5 Å². The second-order valence-corrected chi connectivity index (χ2v) is 5.19. The van der Waals surface area contributed by atoms with Crippen molar-refractivity contribution in [3.8, 4) is 11.3 Å². The van der Waals surface area contributed by atoms with Crippen molar-refractivity contribution in [3.63, 3.8) is 0 Å².